The van der Waals surface area contributed by atoms with E-state index in [-0.39, 0.29) is 29.5 Å². The molecule has 1 aromatic carbocycles. The Morgan fingerprint density at radius 2 is 1.74 bits per heavy atom. The molecule has 2 bridgehead atoms. The fraction of sp³-hybridized carbons (Fsp3) is 0.417. The van der Waals surface area contributed by atoms with Crippen molar-refractivity contribution in [1.29, 1.82) is 0 Å². The normalized spacial score (nSPS) is 27.5. The maximum Gasteiger partial charge on any atom is 0.332 e. The molecule has 1 unspecified atom stereocenters. The van der Waals surface area contributed by atoms with Crippen molar-refractivity contribution in [2.45, 2.75) is 31.3 Å². The van der Waals surface area contributed by atoms with Crippen LogP contribution >= 0.6 is 0 Å². The molecule has 0 aliphatic carbocycles. The molecule has 0 radical (unpaired) electrons. The number of carbonyl (C=O) groups is 3. The molecular weight excluding hydrogens is 454 g/mol. The smallest absolute Gasteiger partial charge is 0.332 e. The number of nitrogens with zero attached hydrogens (tertiary/aromatic N) is 4. The molecule has 11 nitrogen and oxygen atoms in total. The number of benzene rings is 1. The second kappa shape index (κ2) is 7.23. The van der Waals surface area contributed by atoms with Crippen LogP contribution in [-0.4, -0.2) is 64.1 Å². The lowest BCUT2D eigenvalue weighted by molar-refractivity contribution is -0.991. The lowest BCUT2D eigenvalue weighted by atomic mass is 9.60. The molecule has 4 aliphatic rings. The number of amides is 4. The van der Waals surface area contributed by atoms with Gasteiger partial charge in [-0.1, -0.05) is 6.07 Å². The van der Waals surface area contributed by atoms with Crippen molar-refractivity contribution >= 4 is 29.2 Å². The molecule has 4 atom stereocenters. The molecule has 2 aromatic rings. The quantitative estimate of drug-likeness (QED) is 0.429. The summed E-state index contributed by atoms with van der Waals surface area (Å²) in [5.41, 5.74) is 0.466. The van der Waals surface area contributed by atoms with Gasteiger partial charge in [0.1, 0.15) is 0 Å². The Morgan fingerprint density at radius 1 is 1.03 bits per heavy atom. The van der Waals surface area contributed by atoms with Gasteiger partial charge in [-0.3, -0.25) is 24.2 Å². The monoisotopic (exact) mass is 479 g/mol. The van der Waals surface area contributed by atoms with Gasteiger partial charge < -0.3 is 14.7 Å². The van der Waals surface area contributed by atoms with Crippen LogP contribution in [0.3, 0.4) is 0 Å². The van der Waals surface area contributed by atoms with Crippen LogP contribution in [0.2, 0.25) is 0 Å². The van der Waals surface area contributed by atoms with Gasteiger partial charge in [-0.05, 0) is 30.0 Å². The van der Waals surface area contributed by atoms with Gasteiger partial charge in [0, 0.05) is 69.1 Å². The van der Waals surface area contributed by atoms with E-state index in [1.807, 2.05) is 6.07 Å². The Bertz CT molecular complexity index is 1330. The molecular formula is C24H25N5O6. The van der Waals surface area contributed by atoms with Crippen molar-refractivity contribution < 1.29 is 24.8 Å². The van der Waals surface area contributed by atoms with Gasteiger partial charge in [-0.25, -0.2) is 10.0 Å². The third-order valence-electron chi connectivity index (χ3n) is 8.22. The predicted molar refractivity (Wildman–Crippen MR) is 122 cm³/mol. The SMILES string of the molecule is CN1C(=O)N(C)C(=O)C2(Cc3cc([NH+]([O-])O)ccc3N3C[C@@H]4C[C@H](c5cccc(=O)n5C4)[C@H]32)C1=O. The minimum atomic E-state index is -1.63. The van der Waals surface area contributed by atoms with Crippen LogP contribution in [0.25, 0.3) is 0 Å². The molecule has 182 valence electrons. The predicted octanol–water partition coefficient (Wildman–Crippen LogP) is -0.163. The zero-order valence-corrected chi connectivity index (χ0v) is 19.3. The van der Waals surface area contributed by atoms with Crippen LogP contribution in [0, 0.1) is 16.5 Å². The maximum absolute atomic E-state index is 13.9. The van der Waals surface area contributed by atoms with Gasteiger partial charge >= 0.3 is 6.03 Å². The van der Waals surface area contributed by atoms with Crippen LogP contribution in [0.4, 0.5) is 16.2 Å². The summed E-state index contributed by atoms with van der Waals surface area (Å²) in [5, 5.41) is 20.2. The molecule has 2 N–H and O–H groups in total. The first kappa shape index (κ1) is 22.0. The zero-order chi connectivity index (χ0) is 24.8. The van der Waals surface area contributed by atoms with Gasteiger partial charge in [0.25, 0.3) is 5.56 Å². The number of fused-ring (bicyclic) bond motifs is 9. The van der Waals surface area contributed by atoms with Crippen LogP contribution in [-0.2, 0) is 22.6 Å². The third-order valence-corrected chi connectivity index (χ3v) is 8.22. The Morgan fingerprint density at radius 3 is 2.43 bits per heavy atom. The average molecular weight is 479 g/mol. The van der Waals surface area contributed by atoms with Crippen molar-refractivity contribution in [2.75, 3.05) is 25.5 Å². The van der Waals surface area contributed by atoms with Gasteiger partial charge in [-0.15, -0.1) is 0 Å². The summed E-state index contributed by atoms with van der Waals surface area (Å²) in [6.07, 6.45) is 0.680. The van der Waals surface area contributed by atoms with Gasteiger partial charge in [0.15, 0.2) is 11.1 Å². The fourth-order valence-electron chi connectivity index (χ4n) is 6.80. The van der Waals surface area contributed by atoms with Gasteiger partial charge in [-0.2, -0.15) is 5.23 Å². The number of urea groups is 1. The van der Waals surface area contributed by atoms with Crippen molar-refractivity contribution in [3.63, 3.8) is 0 Å². The lowest BCUT2D eigenvalue weighted by Crippen LogP contribution is -2.99. The second-order valence-electron chi connectivity index (χ2n) is 10.0. The van der Waals surface area contributed by atoms with Crippen LogP contribution in [0.5, 0.6) is 0 Å². The number of rotatable bonds is 1. The van der Waals surface area contributed by atoms with Crippen molar-refractivity contribution in [2.24, 2.45) is 11.3 Å². The summed E-state index contributed by atoms with van der Waals surface area (Å²) in [6.45, 7) is 1.04. The first-order chi connectivity index (χ1) is 16.6. The van der Waals surface area contributed by atoms with E-state index in [1.165, 1.54) is 32.3 Å². The Balaban J connectivity index is 1.62. The summed E-state index contributed by atoms with van der Waals surface area (Å²) >= 11 is 0. The van der Waals surface area contributed by atoms with Gasteiger partial charge in [0.2, 0.25) is 11.8 Å². The van der Waals surface area contributed by atoms with E-state index in [2.05, 4.69) is 4.90 Å². The largest absolute Gasteiger partial charge is 0.595 e. The minimum absolute atomic E-state index is 0.0253. The lowest BCUT2D eigenvalue weighted by Gasteiger charge is -2.59. The molecule has 1 spiro atoms. The van der Waals surface area contributed by atoms with Gasteiger partial charge in [0.05, 0.1) is 6.04 Å². The minimum Gasteiger partial charge on any atom is -0.595 e. The van der Waals surface area contributed by atoms with E-state index in [9.17, 15) is 29.6 Å². The van der Waals surface area contributed by atoms with E-state index >= 15 is 0 Å². The van der Waals surface area contributed by atoms with Crippen molar-refractivity contribution in [3.8, 4) is 0 Å². The molecule has 35 heavy (non-hydrogen) atoms. The van der Waals surface area contributed by atoms with Crippen molar-refractivity contribution in [3.05, 3.63) is 63.2 Å². The highest BCUT2D eigenvalue weighted by atomic mass is 16.8. The summed E-state index contributed by atoms with van der Waals surface area (Å²) in [7, 11) is 2.74. The Labute approximate surface area is 200 Å². The molecule has 2 fully saturated rings. The molecule has 0 saturated carbocycles. The first-order valence-corrected chi connectivity index (χ1v) is 11.6. The summed E-state index contributed by atoms with van der Waals surface area (Å²) in [4.78, 5) is 57.2. The number of carbonyl (C=O) groups excluding carboxylic acids is 3. The fourth-order valence-corrected chi connectivity index (χ4v) is 6.80. The number of piperidine rings is 1. The number of barbiturate groups is 1. The number of nitrogens with one attached hydrogen (secondary N) is 1. The summed E-state index contributed by atoms with van der Waals surface area (Å²) in [5.74, 6) is -1.38. The molecule has 1 aromatic heterocycles. The van der Waals surface area contributed by atoms with Crippen LogP contribution < -0.4 is 15.7 Å². The van der Waals surface area contributed by atoms with Crippen molar-refractivity contribution in [1.82, 2.24) is 14.4 Å². The number of hydrogen-bond acceptors (Lipinski definition) is 7. The number of imide groups is 2. The molecule has 2 saturated heterocycles. The second-order valence-corrected chi connectivity index (χ2v) is 10.0. The highest BCUT2D eigenvalue weighted by Crippen LogP contribution is 2.54. The topological polar surface area (TPSA) is 131 Å². The highest BCUT2D eigenvalue weighted by Gasteiger charge is 2.66. The number of quaternary nitrogens is 1. The van der Waals surface area contributed by atoms with E-state index in [0.717, 1.165) is 21.2 Å². The van der Waals surface area contributed by atoms with Crippen LogP contribution in [0.1, 0.15) is 23.6 Å². The highest BCUT2D eigenvalue weighted by molar-refractivity contribution is 6.20. The number of anilines is 1. The first-order valence-electron chi connectivity index (χ1n) is 11.6. The number of aromatic nitrogens is 1. The van der Waals surface area contributed by atoms with E-state index in [0.29, 0.717) is 25.1 Å². The molecule has 4 amide bonds. The molecule has 5 heterocycles. The van der Waals surface area contributed by atoms with E-state index < -0.39 is 34.5 Å². The molecule has 6 rings (SSSR count). The molecule has 11 heteroatoms. The third kappa shape index (κ3) is 2.77. The Hall–Kier alpha value is -3.54. The van der Waals surface area contributed by atoms with E-state index in [4.69, 9.17) is 0 Å². The average Bonchev–Trinajstić information content (AvgIpc) is 2.85. The number of pyridine rings is 1. The zero-order valence-electron chi connectivity index (χ0n) is 19.3. The van der Waals surface area contributed by atoms with Crippen LogP contribution in [0.15, 0.2) is 41.2 Å². The number of hydrogen-bond donors (Lipinski definition) is 2. The summed E-state index contributed by atoms with van der Waals surface area (Å²) in [6, 6.07) is 8.55. The Kier molecular flexibility index (Phi) is 4.54. The van der Waals surface area contributed by atoms with E-state index in [1.54, 1.807) is 16.7 Å². The molecule has 4 aliphatic heterocycles. The summed E-state index contributed by atoms with van der Waals surface area (Å²) < 4.78 is 1.74. The maximum atomic E-state index is 13.9. The standard InChI is InChI=1S/C24H25N5O6/c1-25-21(31)24(22(32)26(2)23(25)33)10-14-9-15(29(34)35)6-7-17(14)28-12-13-8-16(20(24)28)18-4-3-5-19(30)27(18)11-13/h3-7,9,13,16,20,29,34H,8,10-12H2,1-2H3/t13-,16-,20+/m1/s1.